The number of hydrogen-bond acceptors (Lipinski definition) is 4. The van der Waals surface area contributed by atoms with Crippen LogP contribution in [0.4, 0.5) is 10.1 Å². The average Bonchev–Trinajstić information content (AvgIpc) is 2.34. The minimum absolute atomic E-state index is 0.0328. The Bertz CT molecular complexity index is 347. The molecule has 0 saturated carbocycles. The van der Waals surface area contributed by atoms with Gasteiger partial charge >= 0.3 is 0 Å². The second kappa shape index (κ2) is 7.21. The van der Waals surface area contributed by atoms with Crippen LogP contribution in [0.5, 0.6) is 0 Å². The van der Waals surface area contributed by atoms with E-state index in [2.05, 4.69) is 0 Å². The number of aliphatic hydroxyl groups excluding tert-OH is 1. The normalized spacial score (nSPS) is 10.6. The second-order valence-corrected chi connectivity index (χ2v) is 3.68. The number of anilines is 1. The van der Waals surface area contributed by atoms with Crippen LogP contribution in [0.25, 0.3) is 0 Å². The summed E-state index contributed by atoms with van der Waals surface area (Å²) in [5.74, 6) is -0.301. The summed E-state index contributed by atoms with van der Waals surface area (Å²) in [6.45, 7) is 1.95. The number of ether oxygens (including phenoxy) is 1. The highest BCUT2D eigenvalue weighted by Crippen LogP contribution is 2.21. The van der Waals surface area contributed by atoms with Crippen LogP contribution in [0.15, 0.2) is 18.2 Å². The number of halogens is 1. The van der Waals surface area contributed by atoms with Gasteiger partial charge in [0, 0.05) is 32.4 Å². The van der Waals surface area contributed by atoms with Crippen molar-refractivity contribution in [2.75, 3.05) is 38.3 Å². The molecule has 0 radical (unpaired) electrons. The Hall–Kier alpha value is -1.17. The molecule has 4 nitrogen and oxygen atoms in total. The Labute approximate surface area is 101 Å². The van der Waals surface area contributed by atoms with Crippen LogP contribution in [0, 0.1) is 5.82 Å². The molecular weight excluding hydrogens is 223 g/mol. The number of methoxy groups -OCH3 is 1. The van der Waals surface area contributed by atoms with Gasteiger partial charge in [-0.15, -0.1) is 0 Å². The molecule has 0 atom stereocenters. The van der Waals surface area contributed by atoms with E-state index < -0.39 is 0 Å². The highest BCUT2D eigenvalue weighted by Gasteiger charge is 2.10. The molecule has 17 heavy (non-hydrogen) atoms. The van der Waals surface area contributed by atoms with Gasteiger partial charge in [-0.2, -0.15) is 0 Å². The summed E-state index contributed by atoms with van der Waals surface area (Å²) in [6.07, 6.45) is 0. The van der Waals surface area contributed by atoms with E-state index in [1.54, 1.807) is 13.2 Å². The number of nitrogens with two attached hydrogens (primary N) is 1. The van der Waals surface area contributed by atoms with Crippen molar-refractivity contribution in [3.8, 4) is 0 Å². The summed E-state index contributed by atoms with van der Waals surface area (Å²) in [5.41, 5.74) is 7.17. The van der Waals surface area contributed by atoms with E-state index in [0.29, 0.717) is 19.7 Å². The van der Waals surface area contributed by atoms with Crippen LogP contribution in [0.1, 0.15) is 5.56 Å². The predicted octanol–water partition coefficient (Wildman–Crippen LogP) is 0.730. The van der Waals surface area contributed by atoms with Gasteiger partial charge in [-0.25, -0.2) is 4.39 Å². The van der Waals surface area contributed by atoms with E-state index in [1.807, 2.05) is 4.90 Å². The van der Waals surface area contributed by atoms with E-state index in [1.165, 1.54) is 12.1 Å². The maximum atomic E-state index is 13.1. The number of hydrogen-bond donors (Lipinski definition) is 2. The van der Waals surface area contributed by atoms with Gasteiger partial charge in [-0.3, -0.25) is 0 Å². The zero-order valence-corrected chi connectivity index (χ0v) is 10.0. The molecule has 1 rings (SSSR count). The summed E-state index contributed by atoms with van der Waals surface area (Å²) >= 11 is 0. The lowest BCUT2D eigenvalue weighted by molar-refractivity contribution is 0.203. The van der Waals surface area contributed by atoms with Gasteiger partial charge in [0.25, 0.3) is 0 Å². The van der Waals surface area contributed by atoms with Gasteiger partial charge in [-0.1, -0.05) is 0 Å². The lowest BCUT2D eigenvalue weighted by atomic mass is 10.1. The zero-order valence-electron chi connectivity index (χ0n) is 10.0. The minimum Gasteiger partial charge on any atom is -0.395 e. The maximum Gasteiger partial charge on any atom is 0.123 e. The molecule has 0 spiro atoms. The van der Waals surface area contributed by atoms with Gasteiger partial charge in [0.1, 0.15) is 5.82 Å². The molecule has 96 valence electrons. The number of rotatable bonds is 7. The standard InChI is InChI=1S/C12H19FN2O2/c1-17-7-5-15(4-6-16)12-3-2-11(13)8-10(12)9-14/h2-3,8,16H,4-7,9,14H2,1H3. The van der Waals surface area contributed by atoms with Crippen molar-refractivity contribution in [3.05, 3.63) is 29.6 Å². The van der Waals surface area contributed by atoms with Crippen molar-refractivity contribution in [2.45, 2.75) is 6.54 Å². The molecule has 0 bridgehead atoms. The molecule has 0 heterocycles. The Morgan fingerprint density at radius 3 is 2.76 bits per heavy atom. The van der Waals surface area contributed by atoms with Gasteiger partial charge in [0.2, 0.25) is 0 Å². The van der Waals surface area contributed by atoms with Crippen molar-refractivity contribution in [1.82, 2.24) is 0 Å². The van der Waals surface area contributed by atoms with Crippen LogP contribution in [0.2, 0.25) is 0 Å². The third kappa shape index (κ3) is 3.96. The fraction of sp³-hybridized carbons (Fsp3) is 0.500. The van der Waals surface area contributed by atoms with E-state index in [0.717, 1.165) is 11.3 Å². The van der Waals surface area contributed by atoms with Gasteiger partial charge in [0.15, 0.2) is 0 Å². The molecule has 0 saturated heterocycles. The maximum absolute atomic E-state index is 13.1. The zero-order chi connectivity index (χ0) is 12.7. The molecule has 0 aliphatic heterocycles. The molecule has 0 aromatic heterocycles. The van der Waals surface area contributed by atoms with E-state index >= 15 is 0 Å². The number of nitrogens with zero attached hydrogens (tertiary/aromatic N) is 1. The lowest BCUT2D eigenvalue weighted by Gasteiger charge is -2.26. The van der Waals surface area contributed by atoms with Crippen LogP contribution in [-0.4, -0.2) is 38.5 Å². The predicted molar refractivity (Wildman–Crippen MR) is 65.5 cm³/mol. The van der Waals surface area contributed by atoms with Crippen molar-refractivity contribution >= 4 is 5.69 Å². The molecule has 0 fully saturated rings. The number of benzene rings is 1. The molecule has 0 aliphatic rings. The SMILES string of the molecule is COCCN(CCO)c1ccc(F)cc1CN. The van der Waals surface area contributed by atoms with Crippen molar-refractivity contribution < 1.29 is 14.2 Å². The van der Waals surface area contributed by atoms with Crippen molar-refractivity contribution in [3.63, 3.8) is 0 Å². The van der Waals surface area contributed by atoms with Crippen LogP contribution in [0.3, 0.4) is 0 Å². The molecule has 0 aliphatic carbocycles. The number of aliphatic hydroxyl groups is 1. The van der Waals surface area contributed by atoms with Crippen molar-refractivity contribution in [1.29, 1.82) is 0 Å². The summed E-state index contributed by atoms with van der Waals surface area (Å²) in [5, 5.41) is 9.03. The molecule has 1 aromatic rings. The highest BCUT2D eigenvalue weighted by atomic mass is 19.1. The molecule has 0 amide bonds. The van der Waals surface area contributed by atoms with Gasteiger partial charge in [-0.05, 0) is 23.8 Å². The van der Waals surface area contributed by atoms with E-state index in [9.17, 15) is 4.39 Å². The molecule has 5 heteroatoms. The first-order valence-corrected chi connectivity index (χ1v) is 5.56. The Morgan fingerprint density at radius 2 is 2.18 bits per heavy atom. The Kier molecular flexibility index (Phi) is 5.90. The first-order valence-electron chi connectivity index (χ1n) is 5.56. The smallest absolute Gasteiger partial charge is 0.123 e. The Morgan fingerprint density at radius 1 is 1.41 bits per heavy atom. The molecule has 1 aromatic carbocycles. The van der Waals surface area contributed by atoms with E-state index in [4.69, 9.17) is 15.6 Å². The van der Waals surface area contributed by atoms with Crippen LogP contribution in [-0.2, 0) is 11.3 Å². The quantitative estimate of drug-likeness (QED) is 0.740. The fourth-order valence-electron chi connectivity index (χ4n) is 1.70. The fourth-order valence-corrected chi connectivity index (χ4v) is 1.70. The summed E-state index contributed by atoms with van der Waals surface area (Å²) in [6, 6.07) is 4.50. The lowest BCUT2D eigenvalue weighted by Crippen LogP contribution is -2.31. The second-order valence-electron chi connectivity index (χ2n) is 3.68. The minimum atomic E-state index is -0.301. The Balaban J connectivity index is 2.91. The average molecular weight is 242 g/mol. The third-order valence-corrected chi connectivity index (χ3v) is 2.54. The molecular formula is C12H19FN2O2. The van der Waals surface area contributed by atoms with Gasteiger partial charge in [0.05, 0.1) is 13.2 Å². The van der Waals surface area contributed by atoms with E-state index in [-0.39, 0.29) is 19.0 Å². The first kappa shape index (κ1) is 13.9. The molecule has 0 unspecified atom stereocenters. The third-order valence-electron chi connectivity index (χ3n) is 2.54. The largest absolute Gasteiger partial charge is 0.395 e. The van der Waals surface area contributed by atoms with Gasteiger partial charge < -0.3 is 20.5 Å². The topological polar surface area (TPSA) is 58.7 Å². The molecule has 3 N–H and O–H groups in total. The highest BCUT2D eigenvalue weighted by molar-refractivity contribution is 5.53. The van der Waals surface area contributed by atoms with Crippen molar-refractivity contribution in [2.24, 2.45) is 5.73 Å². The van der Waals surface area contributed by atoms with Crippen LogP contribution >= 0.6 is 0 Å². The van der Waals surface area contributed by atoms with Crippen LogP contribution < -0.4 is 10.6 Å². The first-order chi connectivity index (χ1) is 8.22. The summed E-state index contributed by atoms with van der Waals surface area (Å²) in [7, 11) is 1.62. The summed E-state index contributed by atoms with van der Waals surface area (Å²) < 4.78 is 18.1. The summed E-state index contributed by atoms with van der Waals surface area (Å²) in [4.78, 5) is 1.94. The monoisotopic (exact) mass is 242 g/mol.